The minimum absolute atomic E-state index is 0.0544. The van der Waals surface area contributed by atoms with E-state index in [0.717, 1.165) is 0 Å². The second-order valence-corrected chi connectivity index (χ2v) is 10.7. The van der Waals surface area contributed by atoms with Gasteiger partial charge in [-0.1, -0.05) is 12.1 Å². The summed E-state index contributed by atoms with van der Waals surface area (Å²) in [5.41, 5.74) is 6.41. The van der Waals surface area contributed by atoms with Crippen molar-refractivity contribution in [3.05, 3.63) is 64.1 Å². The van der Waals surface area contributed by atoms with Crippen molar-refractivity contribution in [2.24, 2.45) is 11.7 Å². The van der Waals surface area contributed by atoms with Crippen molar-refractivity contribution in [3.63, 3.8) is 0 Å². The first-order chi connectivity index (χ1) is 19.3. The third-order valence-electron chi connectivity index (χ3n) is 7.84. The van der Waals surface area contributed by atoms with Crippen LogP contribution in [0.2, 0.25) is 0 Å². The summed E-state index contributed by atoms with van der Waals surface area (Å²) < 4.78 is 5.32. The van der Waals surface area contributed by atoms with E-state index in [1.807, 2.05) is 4.90 Å². The number of phenols is 1. The molecule has 0 aliphatic heterocycles. The molecule has 2 aliphatic rings. The highest BCUT2D eigenvalue weighted by molar-refractivity contribution is 6.22. The number of primary amides is 1. The van der Waals surface area contributed by atoms with Gasteiger partial charge in [-0.15, -0.1) is 0 Å². The van der Waals surface area contributed by atoms with Crippen LogP contribution in [0.25, 0.3) is 11.1 Å². The lowest BCUT2D eigenvalue weighted by Crippen LogP contribution is -2.40. The van der Waals surface area contributed by atoms with E-state index < -0.39 is 52.6 Å². The van der Waals surface area contributed by atoms with Crippen LogP contribution in [0.3, 0.4) is 0 Å². The summed E-state index contributed by atoms with van der Waals surface area (Å²) in [6.45, 7) is 0. The first-order valence-corrected chi connectivity index (χ1v) is 13.1. The number of rotatable bonds is 5. The number of aliphatic hydroxyl groups excluding tert-OH is 3. The van der Waals surface area contributed by atoms with E-state index in [2.05, 4.69) is 0 Å². The third-order valence-corrected chi connectivity index (χ3v) is 7.84. The Labute approximate surface area is 237 Å². The molecule has 2 aromatic carbocycles. The van der Waals surface area contributed by atoms with Crippen molar-refractivity contribution < 1.29 is 39.5 Å². The number of Topliss-reactive ketones (excluding diaryl/α,β-unsaturated/α-hetero) is 2. The maximum absolute atomic E-state index is 14.2. The Kier molecular flexibility index (Phi) is 8.14. The molecule has 0 fully saturated rings. The number of benzene rings is 2. The van der Waals surface area contributed by atoms with E-state index in [-0.39, 0.29) is 36.1 Å². The lowest BCUT2D eigenvalue weighted by atomic mass is 9.73. The highest BCUT2D eigenvalue weighted by Gasteiger charge is 2.43. The van der Waals surface area contributed by atoms with Gasteiger partial charge in [0.2, 0.25) is 5.78 Å². The number of anilines is 1. The average molecular weight is 566 g/mol. The van der Waals surface area contributed by atoms with Crippen molar-refractivity contribution in [1.82, 2.24) is 4.90 Å². The number of phenolic OH excluding ortho intramolecular Hbond substituents is 1. The molecule has 0 bridgehead atoms. The third kappa shape index (κ3) is 5.14. The number of fused-ring (bicyclic) bond motifs is 2. The monoisotopic (exact) mass is 565 g/mol. The lowest BCUT2D eigenvalue weighted by Gasteiger charge is -2.34. The predicted molar refractivity (Wildman–Crippen MR) is 152 cm³/mol. The Morgan fingerprint density at radius 3 is 2.29 bits per heavy atom. The van der Waals surface area contributed by atoms with Crippen molar-refractivity contribution >= 4 is 23.2 Å². The Hall–Kier alpha value is -4.35. The Morgan fingerprint density at radius 2 is 1.71 bits per heavy atom. The van der Waals surface area contributed by atoms with Crippen molar-refractivity contribution in [3.8, 4) is 22.6 Å². The molecular weight excluding hydrogens is 530 g/mol. The number of ketones is 2. The summed E-state index contributed by atoms with van der Waals surface area (Å²) >= 11 is 0. The van der Waals surface area contributed by atoms with Crippen LogP contribution in [0.1, 0.15) is 28.8 Å². The Bertz CT molecular complexity index is 1490. The van der Waals surface area contributed by atoms with Crippen LogP contribution < -0.4 is 15.4 Å². The standard InChI is InChI=1S/C30H35N3O8/c1-32(2)19-10-9-15-12-18-20(33(3)4)13-17(14-7-6-8-16(11-14)41-5)24(34)22(18)26(36)21(15)27(37)29(39)28(38)23(25(19)35)30(31)40/h6-8,11,13,15,19,29,34-35,37,39H,9-10,12H2,1-5H3,(H2,31,40)/b25-23-,27-21-/t15-,19+,29+/m1/s1. The zero-order valence-electron chi connectivity index (χ0n) is 23.6. The van der Waals surface area contributed by atoms with E-state index in [1.54, 1.807) is 63.4 Å². The molecule has 11 heteroatoms. The fourth-order valence-electron chi connectivity index (χ4n) is 5.75. The molecular formula is C30H35N3O8. The minimum atomic E-state index is -2.33. The van der Waals surface area contributed by atoms with Gasteiger partial charge in [0, 0.05) is 30.9 Å². The minimum Gasteiger partial charge on any atom is -0.510 e. The number of methoxy groups -OCH3 is 1. The molecule has 0 saturated heterocycles. The number of carbonyl (C=O) groups excluding carboxylic acids is 3. The summed E-state index contributed by atoms with van der Waals surface area (Å²) in [7, 11) is 8.41. The molecule has 1 amide bonds. The number of carbonyl (C=O) groups is 3. The molecule has 4 rings (SSSR count). The predicted octanol–water partition coefficient (Wildman–Crippen LogP) is 2.25. The SMILES string of the molecule is COc1cccc(-c2cc(N(C)C)c3c(c2O)C(=O)/C2=C(\O)[C@H](O)C(=O)/C(C(N)=O)=C(/O)[C@@H](N(C)C)CC[C@@H]2C3)c1. The van der Waals surface area contributed by atoms with Gasteiger partial charge in [-0.3, -0.25) is 19.3 Å². The molecule has 0 radical (unpaired) electrons. The summed E-state index contributed by atoms with van der Waals surface area (Å²) in [4.78, 5) is 42.9. The van der Waals surface area contributed by atoms with Crippen molar-refractivity contribution in [1.29, 1.82) is 0 Å². The topological polar surface area (TPSA) is 174 Å². The van der Waals surface area contributed by atoms with Crippen LogP contribution in [-0.4, -0.2) is 90.2 Å². The van der Waals surface area contributed by atoms with Gasteiger partial charge in [0.15, 0.2) is 11.9 Å². The molecule has 218 valence electrons. The van der Waals surface area contributed by atoms with Crippen LogP contribution in [0.5, 0.6) is 11.5 Å². The van der Waals surface area contributed by atoms with Crippen LogP contribution in [-0.2, 0) is 16.0 Å². The van der Waals surface area contributed by atoms with Gasteiger partial charge in [0.1, 0.15) is 28.6 Å². The van der Waals surface area contributed by atoms with Gasteiger partial charge < -0.3 is 35.8 Å². The summed E-state index contributed by atoms with van der Waals surface area (Å²) in [6.07, 6.45) is -1.72. The smallest absolute Gasteiger partial charge is 0.255 e. The number of nitrogens with zero attached hydrogens (tertiary/aromatic N) is 2. The van der Waals surface area contributed by atoms with E-state index in [0.29, 0.717) is 28.1 Å². The van der Waals surface area contributed by atoms with Crippen molar-refractivity contribution in [2.45, 2.75) is 31.4 Å². The molecule has 2 aliphatic carbocycles. The summed E-state index contributed by atoms with van der Waals surface area (Å²) in [5.74, 6) is -5.35. The van der Waals surface area contributed by atoms with Crippen molar-refractivity contribution in [2.75, 3.05) is 40.2 Å². The average Bonchev–Trinajstić information content (AvgIpc) is 2.91. The molecule has 0 saturated carbocycles. The van der Waals surface area contributed by atoms with E-state index in [9.17, 15) is 34.8 Å². The molecule has 11 nitrogen and oxygen atoms in total. The van der Waals surface area contributed by atoms with Crippen LogP contribution >= 0.6 is 0 Å². The Morgan fingerprint density at radius 1 is 1.02 bits per heavy atom. The van der Waals surface area contributed by atoms with E-state index >= 15 is 0 Å². The van der Waals surface area contributed by atoms with Crippen LogP contribution in [0.4, 0.5) is 5.69 Å². The number of aliphatic hydroxyl groups is 3. The fraction of sp³-hybridized carbons (Fsp3) is 0.367. The first-order valence-electron chi connectivity index (χ1n) is 13.1. The fourth-order valence-corrected chi connectivity index (χ4v) is 5.75. The van der Waals surface area contributed by atoms with Crippen LogP contribution in [0, 0.1) is 5.92 Å². The molecule has 0 aromatic heterocycles. The number of likely N-dealkylation sites (N-methyl/N-ethyl adjacent to an activating group) is 1. The second kappa shape index (κ2) is 11.3. The number of hydrogen-bond donors (Lipinski definition) is 5. The molecule has 3 atom stereocenters. The van der Waals surface area contributed by atoms with Crippen LogP contribution in [0.15, 0.2) is 53.0 Å². The quantitative estimate of drug-likeness (QED) is 0.338. The second-order valence-electron chi connectivity index (χ2n) is 10.7. The number of amides is 1. The summed E-state index contributed by atoms with van der Waals surface area (Å²) in [5, 5.41) is 44.4. The number of allylic oxidation sites excluding steroid dienone is 1. The molecule has 0 heterocycles. The van der Waals surface area contributed by atoms with Gasteiger partial charge in [0.25, 0.3) is 5.91 Å². The van der Waals surface area contributed by atoms with Gasteiger partial charge in [-0.25, -0.2) is 0 Å². The van der Waals surface area contributed by atoms with Gasteiger partial charge in [-0.2, -0.15) is 0 Å². The number of nitrogens with two attached hydrogens (primary N) is 1. The highest BCUT2D eigenvalue weighted by atomic mass is 16.5. The van der Waals surface area contributed by atoms with E-state index in [1.165, 1.54) is 7.11 Å². The molecule has 0 spiro atoms. The molecule has 41 heavy (non-hydrogen) atoms. The maximum Gasteiger partial charge on any atom is 0.255 e. The first kappa shape index (κ1) is 29.6. The van der Waals surface area contributed by atoms with E-state index in [4.69, 9.17) is 10.5 Å². The summed E-state index contributed by atoms with van der Waals surface area (Å²) in [6, 6.07) is 7.91. The number of ether oxygens (including phenoxy) is 1. The highest BCUT2D eigenvalue weighted by Crippen LogP contribution is 2.47. The maximum atomic E-state index is 14.2. The molecule has 6 N–H and O–H groups in total. The molecule has 0 unspecified atom stereocenters. The number of hydrogen-bond acceptors (Lipinski definition) is 10. The Balaban J connectivity index is 1.98. The lowest BCUT2D eigenvalue weighted by molar-refractivity contribution is -0.126. The number of aromatic hydroxyl groups is 1. The van der Waals surface area contributed by atoms with Gasteiger partial charge >= 0.3 is 0 Å². The normalized spacial score (nSPS) is 25.0. The zero-order valence-corrected chi connectivity index (χ0v) is 23.6. The molecule has 2 aromatic rings. The zero-order chi connectivity index (χ0) is 30.3. The largest absolute Gasteiger partial charge is 0.510 e. The van der Waals surface area contributed by atoms with Gasteiger partial charge in [-0.05, 0) is 68.6 Å². The van der Waals surface area contributed by atoms with Gasteiger partial charge in [0.05, 0.1) is 18.7 Å².